The zero-order valence-electron chi connectivity index (χ0n) is 29.0. The smallest absolute Gasteiger partial charge is 0.305 e. The van der Waals surface area contributed by atoms with Crippen molar-refractivity contribution >= 4 is 17.7 Å². The van der Waals surface area contributed by atoms with Gasteiger partial charge in [0.2, 0.25) is 0 Å². The van der Waals surface area contributed by atoms with Gasteiger partial charge in [-0.25, -0.2) is 0 Å². The summed E-state index contributed by atoms with van der Waals surface area (Å²) in [4.78, 5) is 36.4. The van der Waals surface area contributed by atoms with Gasteiger partial charge in [-0.2, -0.15) is 0 Å². The number of carbonyl (C=O) groups is 3. The van der Waals surface area contributed by atoms with Crippen LogP contribution in [0.5, 0.6) is 0 Å². The van der Waals surface area contributed by atoms with Gasteiger partial charge in [0, 0.05) is 31.1 Å². The van der Waals surface area contributed by atoms with Crippen molar-refractivity contribution in [1.82, 2.24) is 0 Å². The fourth-order valence-corrected chi connectivity index (χ4v) is 5.89. The van der Waals surface area contributed by atoms with Gasteiger partial charge in [-0.3, -0.25) is 14.4 Å². The first kappa shape index (κ1) is 42.0. The average molecular weight is 651 g/mol. The van der Waals surface area contributed by atoms with E-state index in [1.807, 2.05) is 12.2 Å². The second-order valence-electron chi connectivity index (χ2n) is 13.1. The quantitative estimate of drug-likeness (QED) is 0.0426. The second kappa shape index (κ2) is 28.0. The number of carbonyl (C=O) groups excluding carboxylic acids is 3. The second-order valence-corrected chi connectivity index (χ2v) is 13.1. The molecule has 0 aromatic rings. The van der Waals surface area contributed by atoms with Crippen LogP contribution in [0, 0.1) is 11.8 Å². The number of hydrogen-bond donors (Lipinski definition) is 3. The maximum Gasteiger partial charge on any atom is 0.305 e. The molecule has 0 heterocycles. The van der Waals surface area contributed by atoms with Gasteiger partial charge in [0.25, 0.3) is 0 Å². The van der Waals surface area contributed by atoms with Crippen LogP contribution in [0.15, 0.2) is 24.3 Å². The van der Waals surface area contributed by atoms with E-state index in [2.05, 4.69) is 13.8 Å². The van der Waals surface area contributed by atoms with Gasteiger partial charge in [-0.05, 0) is 32.1 Å². The molecule has 0 spiro atoms. The number of ketones is 1. The standard InChI is InChI=1S/C38H66O8/c1-3-5-7-8-9-10-11-12-13-14-15-20-24-37(43)45-29-32(40)30-46-38(44)25-21-17-16-19-23-33-34(36(42)28-35(33)41)27-26-31(39)22-18-6-4-2/h16,19,26-27,31-35,39-41H,3-15,17-18,20-25,28-30H2,1-2H3/b19-16-,27-26+/t31-,32-,33+,34+,35-/m0/s1. The lowest BCUT2D eigenvalue weighted by atomic mass is 9.90. The van der Waals surface area contributed by atoms with Crippen molar-refractivity contribution < 1.29 is 39.2 Å². The van der Waals surface area contributed by atoms with Crippen LogP contribution in [-0.2, 0) is 23.9 Å². The maximum atomic E-state index is 12.4. The molecule has 1 saturated carbocycles. The molecule has 3 N–H and O–H groups in total. The third-order valence-corrected chi connectivity index (χ3v) is 8.82. The summed E-state index contributed by atoms with van der Waals surface area (Å²) >= 11 is 0. The third-order valence-electron chi connectivity index (χ3n) is 8.82. The SMILES string of the molecule is CCCCCCCCCCCCCCC(=O)OC[C@H](O)COC(=O)CCC/C=C\C[C@H]1[C@@H](O)CC(=O)[C@@H]1/C=C/[C@@H](O)CCCCC. The van der Waals surface area contributed by atoms with Crippen LogP contribution >= 0.6 is 0 Å². The van der Waals surface area contributed by atoms with E-state index in [4.69, 9.17) is 9.47 Å². The Labute approximate surface area is 279 Å². The highest BCUT2D eigenvalue weighted by atomic mass is 16.6. The van der Waals surface area contributed by atoms with Crippen molar-refractivity contribution in [2.75, 3.05) is 13.2 Å². The van der Waals surface area contributed by atoms with E-state index in [0.717, 1.165) is 38.5 Å². The van der Waals surface area contributed by atoms with Crippen molar-refractivity contribution in [3.63, 3.8) is 0 Å². The van der Waals surface area contributed by atoms with E-state index in [1.165, 1.54) is 57.8 Å². The summed E-state index contributed by atoms with van der Waals surface area (Å²) in [5.74, 6) is -1.36. The molecule has 1 rings (SSSR count). The van der Waals surface area contributed by atoms with E-state index in [1.54, 1.807) is 12.2 Å². The molecule has 8 nitrogen and oxygen atoms in total. The molecule has 0 aromatic heterocycles. The van der Waals surface area contributed by atoms with Gasteiger partial charge in [0.15, 0.2) is 0 Å². The summed E-state index contributed by atoms with van der Waals surface area (Å²) in [7, 11) is 0. The van der Waals surface area contributed by atoms with Gasteiger partial charge in [0.05, 0.1) is 12.2 Å². The minimum Gasteiger partial charge on any atom is -0.463 e. The largest absolute Gasteiger partial charge is 0.463 e. The number of unbranched alkanes of at least 4 members (excludes halogenated alkanes) is 14. The molecular weight excluding hydrogens is 584 g/mol. The van der Waals surface area contributed by atoms with Crippen LogP contribution in [0.25, 0.3) is 0 Å². The number of aliphatic hydroxyl groups is 3. The van der Waals surface area contributed by atoms with E-state index < -0.39 is 30.2 Å². The molecule has 0 unspecified atom stereocenters. The zero-order chi connectivity index (χ0) is 33.8. The maximum absolute atomic E-state index is 12.4. The van der Waals surface area contributed by atoms with Crippen LogP contribution in [0.2, 0.25) is 0 Å². The van der Waals surface area contributed by atoms with Crippen molar-refractivity contribution in [3.8, 4) is 0 Å². The van der Waals surface area contributed by atoms with Crippen molar-refractivity contribution in [2.45, 2.75) is 173 Å². The van der Waals surface area contributed by atoms with Gasteiger partial charge in [-0.15, -0.1) is 0 Å². The Morgan fingerprint density at radius 2 is 1.28 bits per heavy atom. The Hall–Kier alpha value is -2.03. The summed E-state index contributed by atoms with van der Waals surface area (Å²) in [5.41, 5.74) is 0. The summed E-state index contributed by atoms with van der Waals surface area (Å²) in [6.45, 7) is 3.96. The third kappa shape index (κ3) is 21.7. The van der Waals surface area contributed by atoms with Crippen LogP contribution in [0.1, 0.15) is 155 Å². The molecule has 266 valence electrons. The topological polar surface area (TPSA) is 130 Å². The minimum atomic E-state index is -1.05. The van der Waals surface area contributed by atoms with Crippen molar-refractivity contribution in [1.29, 1.82) is 0 Å². The summed E-state index contributed by atoms with van der Waals surface area (Å²) < 4.78 is 10.2. The molecule has 0 radical (unpaired) electrons. The van der Waals surface area contributed by atoms with E-state index in [0.29, 0.717) is 32.1 Å². The van der Waals surface area contributed by atoms with Crippen LogP contribution in [0.3, 0.4) is 0 Å². The molecule has 8 heteroatoms. The Morgan fingerprint density at radius 3 is 1.87 bits per heavy atom. The van der Waals surface area contributed by atoms with Crippen LogP contribution in [0.4, 0.5) is 0 Å². The van der Waals surface area contributed by atoms with Crippen LogP contribution < -0.4 is 0 Å². The predicted octanol–water partition coefficient (Wildman–Crippen LogP) is 7.71. The zero-order valence-corrected chi connectivity index (χ0v) is 29.0. The lowest BCUT2D eigenvalue weighted by Crippen LogP contribution is -2.25. The van der Waals surface area contributed by atoms with Crippen molar-refractivity contribution in [3.05, 3.63) is 24.3 Å². The molecule has 1 fully saturated rings. The molecule has 0 aliphatic heterocycles. The monoisotopic (exact) mass is 650 g/mol. The number of esters is 2. The predicted molar refractivity (Wildman–Crippen MR) is 183 cm³/mol. The molecule has 1 aliphatic rings. The Balaban J connectivity index is 2.09. The first-order valence-electron chi connectivity index (χ1n) is 18.5. The Morgan fingerprint density at radius 1 is 0.761 bits per heavy atom. The lowest BCUT2D eigenvalue weighted by Gasteiger charge is -2.17. The minimum absolute atomic E-state index is 0.00203. The average Bonchev–Trinajstić information content (AvgIpc) is 3.31. The fourth-order valence-electron chi connectivity index (χ4n) is 5.89. The highest BCUT2D eigenvalue weighted by Gasteiger charge is 2.39. The van der Waals surface area contributed by atoms with Crippen LogP contribution in [-0.4, -0.2) is 64.6 Å². The number of Topliss-reactive ketones (excluding diaryl/α,β-unsaturated/α-hetero) is 1. The van der Waals surface area contributed by atoms with E-state index in [-0.39, 0.29) is 43.7 Å². The number of ether oxygens (including phenoxy) is 2. The summed E-state index contributed by atoms with van der Waals surface area (Å²) in [5, 5.41) is 30.5. The highest BCUT2D eigenvalue weighted by Crippen LogP contribution is 2.33. The molecule has 0 amide bonds. The summed E-state index contributed by atoms with van der Waals surface area (Å²) in [6, 6.07) is 0. The number of aliphatic hydroxyl groups excluding tert-OH is 3. The highest BCUT2D eigenvalue weighted by molar-refractivity contribution is 5.86. The van der Waals surface area contributed by atoms with Gasteiger partial charge in [0.1, 0.15) is 25.1 Å². The first-order valence-corrected chi connectivity index (χ1v) is 18.5. The number of hydrogen-bond acceptors (Lipinski definition) is 8. The molecule has 1 aliphatic carbocycles. The Bertz CT molecular complexity index is 854. The molecule has 0 bridgehead atoms. The Kier molecular flexibility index (Phi) is 25.6. The van der Waals surface area contributed by atoms with Gasteiger partial charge in [-0.1, -0.05) is 128 Å². The molecule has 0 saturated heterocycles. The normalized spacial score (nSPS) is 19.7. The molecule has 46 heavy (non-hydrogen) atoms. The van der Waals surface area contributed by atoms with Gasteiger partial charge >= 0.3 is 11.9 Å². The summed E-state index contributed by atoms with van der Waals surface area (Å²) in [6.07, 6.45) is 25.9. The van der Waals surface area contributed by atoms with E-state index in [9.17, 15) is 29.7 Å². The number of allylic oxidation sites excluding steroid dienone is 3. The van der Waals surface area contributed by atoms with Gasteiger partial charge < -0.3 is 24.8 Å². The first-order chi connectivity index (χ1) is 22.3. The number of rotatable bonds is 29. The molecule has 0 aromatic carbocycles. The van der Waals surface area contributed by atoms with E-state index >= 15 is 0 Å². The molecular formula is C38H66O8. The molecule has 5 atom stereocenters. The lowest BCUT2D eigenvalue weighted by molar-refractivity contribution is -0.152. The fraction of sp³-hybridized carbons (Fsp3) is 0.816. The van der Waals surface area contributed by atoms with Crippen molar-refractivity contribution in [2.24, 2.45) is 11.8 Å².